The second kappa shape index (κ2) is 5.27. The maximum Gasteiger partial charge on any atom is 0.412 e. The number of alkyl halides is 1. The monoisotopic (exact) mass is 299 g/mol. The molecule has 0 aromatic heterocycles. The molecule has 15 heavy (non-hydrogen) atoms. The Hall–Kier alpha value is -0.880. The van der Waals surface area contributed by atoms with Crippen LogP contribution in [0.5, 0.6) is 0 Å². The van der Waals surface area contributed by atoms with E-state index in [0.717, 1.165) is 6.07 Å². The van der Waals surface area contributed by atoms with Crippen molar-refractivity contribution in [2.75, 3.05) is 11.4 Å². The third-order valence-corrected chi connectivity index (χ3v) is 2.15. The fraction of sp³-hybridized carbons (Fsp3) is 0.125. The van der Waals surface area contributed by atoms with Gasteiger partial charge in [0.05, 0.1) is 10.2 Å². The average molecular weight is 300 g/mol. The van der Waals surface area contributed by atoms with Crippen molar-refractivity contribution >= 4 is 39.3 Å². The molecule has 1 rings (SSSR count). The van der Waals surface area contributed by atoms with Crippen molar-refractivity contribution in [3.8, 4) is 0 Å². The number of amides is 1. The van der Waals surface area contributed by atoms with Gasteiger partial charge in [0.25, 0.3) is 0 Å². The predicted molar refractivity (Wildman–Crippen MR) is 54.9 cm³/mol. The lowest BCUT2D eigenvalue weighted by atomic mass is 10.3. The van der Waals surface area contributed by atoms with Crippen LogP contribution in [0.25, 0.3) is 0 Å². The first-order valence-corrected chi connectivity index (χ1v) is 5.01. The second-order valence-electron chi connectivity index (χ2n) is 2.41. The zero-order valence-corrected chi connectivity index (χ0v) is 9.53. The van der Waals surface area contributed by atoms with E-state index in [2.05, 4.69) is 26.0 Å². The quantitative estimate of drug-likeness (QED) is 0.671. The Morgan fingerprint density at radius 2 is 2.13 bits per heavy atom. The van der Waals surface area contributed by atoms with Gasteiger partial charge in [-0.3, -0.25) is 5.32 Å². The molecule has 3 nitrogen and oxygen atoms in total. The number of ether oxygens (including phenoxy) is 1. The molecule has 0 radical (unpaired) electrons. The Morgan fingerprint density at radius 3 is 2.73 bits per heavy atom. The molecule has 0 heterocycles. The van der Waals surface area contributed by atoms with E-state index in [1.165, 1.54) is 0 Å². The van der Waals surface area contributed by atoms with E-state index in [1.54, 1.807) is 0 Å². The molecule has 1 aromatic carbocycles. The molecule has 0 atom stereocenters. The number of halogens is 4. The van der Waals surface area contributed by atoms with E-state index in [-0.39, 0.29) is 16.2 Å². The molecule has 0 aliphatic heterocycles. The highest BCUT2D eigenvalue weighted by Crippen LogP contribution is 2.23. The van der Waals surface area contributed by atoms with Gasteiger partial charge in [-0.15, -0.1) is 0 Å². The lowest BCUT2D eigenvalue weighted by Gasteiger charge is -2.06. The third kappa shape index (κ3) is 3.32. The molecular weight excluding hydrogens is 295 g/mol. The summed E-state index contributed by atoms with van der Waals surface area (Å²) in [7, 11) is 0. The molecule has 0 unspecified atom stereocenters. The van der Waals surface area contributed by atoms with Gasteiger partial charge in [-0.1, -0.05) is 11.6 Å². The zero-order valence-electron chi connectivity index (χ0n) is 7.19. The van der Waals surface area contributed by atoms with Gasteiger partial charge in [0.2, 0.25) is 0 Å². The van der Waals surface area contributed by atoms with Gasteiger partial charge in [0.1, 0.15) is 11.6 Å². The highest BCUT2D eigenvalue weighted by Gasteiger charge is 2.11. The fourth-order valence-corrected chi connectivity index (χ4v) is 1.26. The van der Waals surface area contributed by atoms with Crippen LogP contribution >= 0.6 is 27.5 Å². The summed E-state index contributed by atoms with van der Waals surface area (Å²) in [5, 5.41) is 2.06. The van der Waals surface area contributed by atoms with Gasteiger partial charge in [-0.05, 0) is 22.0 Å². The predicted octanol–water partition coefficient (Wildman–Crippen LogP) is 3.47. The van der Waals surface area contributed by atoms with Crippen LogP contribution in [0.3, 0.4) is 0 Å². The highest BCUT2D eigenvalue weighted by molar-refractivity contribution is 9.10. The van der Waals surface area contributed by atoms with E-state index >= 15 is 0 Å². The van der Waals surface area contributed by atoms with Crippen molar-refractivity contribution in [1.82, 2.24) is 0 Å². The minimum Gasteiger partial charge on any atom is -0.433 e. The second-order valence-corrected chi connectivity index (χ2v) is 3.48. The van der Waals surface area contributed by atoms with Crippen molar-refractivity contribution < 1.29 is 18.3 Å². The first-order valence-electron chi connectivity index (χ1n) is 3.69. The molecular formula is C8H5BrClF2NO2. The Kier molecular flexibility index (Phi) is 4.28. The molecule has 0 bridgehead atoms. The highest BCUT2D eigenvalue weighted by atomic mass is 79.9. The molecule has 0 fully saturated rings. The number of carbonyl (C=O) groups is 1. The van der Waals surface area contributed by atoms with Crippen molar-refractivity contribution in [2.24, 2.45) is 0 Å². The van der Waals surface area contributed by atoms with Crippen LogP contribution in [0.1, 0.15) is 0 Å². The number of anilines is 1. The SMILES string of the molecule is O=C(Nc1cc(Br)c(F)cc1F)OCCl. The minimum absolute atomic E-state index is 0.0325. The standard InChI is InChI=1S/C8H5BrClF2NO2/c9-4-1-7(6(12)2-5(4)11)13-8(14)15-3-10/h1-2H,3H2,(H,13,14). The van der Waals surface area contributed by atoms with Crippen molar-refractivity contribution in [3.63, 3.8) is 0 Å². The summed E-state index contributed by atoms with van der Waals surface area (Å²) in [6.07, 6.45) is -0.914. The number of nitrogens with one attached hydrogen (secondary N) is 1. The van der Waals surface area contributed by atoms with E-state index in [1.807, 2.05) is 0 Å². The lowest BCUT2D eigenvalue weighted by molar-refractivity contribution is 0.180. The fourth-order valence-electron chi connectivity index (χ4n) is 0.814. The van der Waals surface area contributed by atoms with Gasteiger partial charge in [0, 0.05) is 6.07 Å². The average Bonchev–Trinajstić information content (AvgIpc) is 2.14. The summed E-state index contributed by atoms with van der Waals surface area (Å²) in [4.78, 5) is 10.9. The summed E-state index contributed by atoms with van der Waals surface area (Å²) in [5.41, 5.74) is -0.196. The summed E-state index contributed by atoms with van der Waals surface area (Å²) < 4.78 is 30.2. The van der Waals surface area contributed by atoms with E-state index in [4.69, 9.17) is 11.6 Å². The third-order valence-electron chi connectivity index (χ3n) is 1.43. The van der Waals surface area contributed by atoms with Crippen LogP contribution in [0.15, 0.2) is 16.6 Å². The smallest absolute Gasteiger partial charge is 0.412 e. The van der Waals surface area contributed by atoms with Gasteiger partial charge < -0.3 is 4.74 Å². The largest absolute Gasteiger partial charge is 0.433 e. The summed E-state index contributed by atoms with van der Waals surface area (Å²) in [6.45, 7) is 0. The maximum atomic E-state index is 13.1. The first-order chi connectivity index (χ1) is 7.04. The summed E-state index contributed by atoms with van der Waals surface area (Å²) in [6, 6.07) is 1.37. The Morgan fingerprint density at radius 1 is 1.47 bits per heavy atom. The van der Waals surface area contributed by atoms with Gasteiger partial charge >= 0.3 is 6.09 Å². The molecule has 82 valence electrons. The maximum absolute atomic E-state index is 13.1. The Balaban J connectivity index is 2.86. The number of hydrogen-bond donors (Lipinski definition) is 1. The topological polar surface area (TPSA) is 38.3 Å². The van der Waals surface area contributed by atoms with Crippen LogP contribution in [0.4, 0.5) is 19.3 Å². The van der Waals surface area contributed by atoms with Crippen LogP contribution in [0.2, 0.25) is 0 Å². The Bertz CT molecular complexity index is 389. The lowest BCUT2D eigenvalue weighted by Crippen LogP contribution is -2.13. The number of rotatable bonds is 2. The Labute approximate surface area is 97.5 Å². The van der Waals surface area contributed by atoms with Crippen molar-refractivity contribution in [2.45, 2.75) is 0 Å². The zero-order chi connectivity index (χ0) is 11.4. The van der Waals surface area contributed by atoms with E-state index in [0.29, 0.717) is 6.07 Å². The van der Waals surface area contributed by atoms with Crippen LogP contribution in [-0.2, 0) is 4.74 Å². The molecule has 1 amide bonds. The summed E-state index contributed by atoms with van der Waals surface area (Å²) in [5.74, 6) is -1.66. The molecule has 1 N–H and O–H groups in total. The summed E-state index contributed by atoms with van der Waals surface area (Å²) >= 11 is 7.96. The molecule has 0 saturated heterocycles. The number of hydrogen-bond acceptors (Lipinski definition) is 2. The van der Waals surface area contributed by atoms with E-state index in [9.17, 15) is 13.6 Å². The normalized spacial score (nSPS) is 9.87. The van der Waals surface area contributed by atoms with Gasteiger partial charge in [-0.25, -0.2) is 13.6 Å². The molecule has 0 spiro atoms. The van der Waals surface area contributed by atoms with Crippen LogP contribution < -0.4 is 5.32 Å². The van der Waals surface area contributed by atoms with E-state index < -0.39 is 17.7 Å². The van der Waals surface area contributed by atoms with Crippen LogP contribution in [0, 0.1) is 11.6 Å². The molecule has 0 aliphatic carbocycles. The number of carbonyl (C=O) groups excluding carboxylic acids is 1. The first kappa shape index (κ1) is 12.2. The van der Waals surface area contributed by atoms with Crippen molar-refractivity contribution in [1.29, 1.82) is 0 Å². The van der Waals surface area contributed by atoms with Gasteiger partial charge in [-0.2, -0.15) is 0 Å². The minimum atomic E-state index is -0.914. The molecule has 7 heteroatoms. The van der Waals surface area contributed by atoms with Crippen LogP contribution in [-0.4, -0.2) is 12.2 Å². The van der Waals surface area contributed by atoms with Crippen molar-refractivity contribution in [3.05, 3.63) is 28.2 Å². The molecule has 0 aliphatic rings. The number of benzene rings is 1. The molecule has 0 saturated carbocycles. The van der Waals surface area contributed by atoms with Gasteiger partial charge in [0.15, 0.2) is 6.07 Å². The molecule has 1 aromatic rings.